The van der Waals surface area contributed by atoms with Crippen molar-refractivity contribution in [1.82, 2.24) is 0 Å². The van der Waals surface area contributed by atoms with Gasteiger partial charge in [-0.1, -0.05) is 6.92 Å². The van der Waals surface area contributed by atoms with E-state index in [1.807, 2.05) is 0 Å². The van der Waals surface area contributed by atoms with Gasteiger partial charge in [-0.3, -0.25) is 9.59 Å². The zero-order valence-electron chi connectivity index (χ0n) is 8.08. The van der Waals surface area contributed by atoms with E-state index in [4.69, 9.17) is 0 Å². The van der Waals surface area contributed by atoms with Crippen molar-refractivity contribution in [3.05, 3.63) is 0 Å². The highest BCUT2D eigenvalue weighted by Crippen LogP contribution is 2.38. The molecule has 0 aliphatic heterocycles. The summed E-state index contributed by atoms with van der Waals surface area (Å²) in [7, 11) is 0. The standard InChI is InChI=1S/C11H16O2/c1-7-2-3-8-9(6-7)11(13)5-4-10(8)12/h7-9H,2-6H2,1H3/t7-,8-,9-/m0/s1. The van der Waals surface area contributed by atoms with E-state index in [2.05, 4.69) is 6.92 Å². The highest BCUT2D eigenvalue weighted by molar-refractivity contribution is 5.96. The fourth-order valence-corrected chi connectivity index (χ4v) is 2.74. The van der Waals surface area contributed by atoms with Crippen LogP contribution in [0.3, 0.4) is 0 Å². The van der Waals surface area contributed by atoms with Gasteiger partial charge in [0.05, 0.1) is 0 Å². The molecule has 0 N–H and O–H groups in total. The molecular weight excluding hydrogens is 164 g/mol. The van der Waals surface area contributed by atoms with E-state index in [1.165, 1.54) is 0 Å². The maximum absolute atomic E-state index is 11.6. The Bertz CT molecular complexity index is 244. The van der Waals surface area contributed by atoms with E-state index in [-0.39, 0.29) is 11.8 Å². The third-order valence-corrected chi connectivity index (χ3v) is 3.56. The van der Waals surface area contributed by atoms with E-state index >= 15 is 0 Å². The molecule has 0 bridgehead atoms. The normalized spacial score (nSPS) is 40.2. The van der Waals surface area contributed by atoms with Crippen molar-refractivity contribution in [1.29, 1.82) is 0 Å². The van der Waals surface area contributed by atoms with Gasteiger partial charge in [0.25, 0.3) is 0 Å². The van der Waals surface area contributed by atoms with E-state index in [1.54, 1.807) is 0 Å². The minimum Gasteiger partial charge on any atom is -0.299 e. The minimum absolute atomic E-state index is 0.0880. The SMILES string of the molecule is C[C@H]1CC[C@@H]2C(=O)CCC(=O)[C@H]2C1. The lowest BCUT2D eigenvalue weighted by Gasteiger charge is -2.35. The van der Waals surface area contributed by atoms with Crippen molar-refractivity contribution >= 4 is 11.6 Å². The molecule has 0 radical (unpaired) electrons. The number of carbonyl (C=O) groups is 2. The zero-order chi connectivity index (χ0) is 9.42. The largest absolute Gasteiger partial charge is 0.299 e. The van der Waals surface area contributed by atoms with Crippen LogP contribution in [-0.2, 0) is 9.59 Å². The Balaban J connectivity index is 2.15. The molecule has 2 heteroatoms. The van der Waals surface area contributed by atoms with Crippen LogP contribution in [-0.4, -0.2) is 11.6 Å². The van der Waals surface area contributed by atoms with Crippen molar-refractivity contribution in [2.24, 2.45) is 17.8 Å². The van der Waals surface area contributed by atoms with Crippen molar-refractivity contribution in [2.45, 2.75) is 39.0 Å². The van der Waals surface area contributed by atoms with E-state index in [9.17, 15) is 9.59 Å². The molecule has 0 spiro atoms. The highest BCUT2D eigenvalue weighted by atomic mass is 16.1. The van der Waals surface area contributed by atoms with Gasteiger partial charge in [0.15, 0.2) is 0 Å². The Morgan fingerprint density at radius 1 is 1.00 bits per heavy atom. The fourth-order valence-electron chi connectivity index (χ4n) is 2.74. The molecule has 0 aromatic heterocycles. The Labute approximate surface area is 78.7 Å². The quantitative estimate of drug-likeness (QED) is 0.571. The van der Waals surface area contributed by atoms with Gasteiger partial charge in [-0.25, -0.2) is 0 Å². The predicted molar refractivity (Wildman–Crippen MR) is 49.2 cm³/mol. The lowest BCUT2D eigenvalue weighted by molar-refractivity contribution is -0.140. The number of rotatable bonds is 0. The summed E-state index contributed by atoms with van der Waals surface area (Å²) in [5.74, 6) is 1.51. The molecule has 2 aliphatic rings. The number of Topliss-reactive ketones (excluding diaryl/α,β-unsaturated/α-hetero) is 2. The third-order valence-electron chi connectivity index (χ3n) is 3.56. The summed E-state index contributed by atoms with van der Waals surface area (Å²) in [6.45, 7) is 2.18. The number of fused-ring (bicyclic) bond motifs is 1. The summed E-state index contributed by atoms with van der Waals surface area (Å²) in [6.07, 6.45) is 4.05. The second-order valence-corrected chi connectivity index (χ2v) is 4.56. The smallest absolute Gasteiger partial charge is 0.137 e. The summed E-state index contributed by atoms with van der Waals surface area (Å²) in [5.41, 5.74) is 0. The Morgan fingerprint density at radius 3 is 2.31 bits per heavy atom. The van der Waals surface area contributed by atoms with Gasteiger partial charge in [0.1, 0.15) is 11.6 Å². The van der Waals surface area contributed by atoms with Crippen LogP contribution < -0.4 is 0 Å². The second-order valence-electron chi connectivity index (χ2n) is 4.56. The van der Waals surface area contributed by atoms with Crippen molar-refractivity contribution < 1.29 is 9.59 Å². The lowest BCUT2D eigenvalue weighted by Crippen LogP contribution is -2.39. The molecule has 2 saturated carbocycles. The summed E-state index contributed by atoms with van der Waals surface area (Å²) in [5, 5.41) is 0. The molecule has 2 aliphatic carbocycles. The molecule has 2 nitrogen and oxygen atoms in total. The third kappa shape index (κ3) is 1.54. The van der Waals surface area contributed by atoms with Crippen LogP contribution in [0.4, 0.5) is 0 Å². The molecule has 0 heterocycles. The first-order valence-electron chi connectivity index (χ1n) is 5.24. The molecule has 0 aromatic rings. The maximum Gasteiger partial charge on any atom is 0.137 e. The van der Waals surface area contributed by atoms with Crippen LogP contribution in [0.5, 0.6) is 0 Å². The molecule has 13 heavy (non-hydrogen) atoms. The van der Waals surface area contributed by atoms with E-state index < -0.39 is 0 Å². The van der Waals surface area contributed by atoms with Crippen molar-refractivity contribution in [2.75, 3.05) is 0 Å². The average Bonchev–Trinajstić information content (AvgIpc) is 2.12. The molecule has 3 atom stereocenters. The number of hydrogen-bond donors (Lipinski definition) is 0. The van der Waals surface area contributed by atoms with Crippen LogP contribution >= 0.6 is 0 Å². The average molecular weight is 180 g/mol. The summed E-state index contributed by atoms with van der Waals surface area (Å²) in [6, 6.07) is 0. The van der Waals surface area contributed by atoms with Crippen LogP contribution in [0, 0.1) is 17.8 Å². The molecule has 2 rings (SSSR count). The maximum atomic E-state index is 11.6. The first kappa shape index (κ1) is 8.92. The van der Waals surface area contributed by atoms with Gasteiger partial charge in [0, 0.05) is 24.7 Å². The number of ketones is 2. The molecule has 0 saturated heterocycles. The van der Waals surface area contributed by atoms with Gasteiger partial charge in [-0.15, -0.1) is 0 Å². The van der Waals surface area contributed by atoms with Crippen molar-refractivity contribution in [3.63, 3.8) is 0 Å². The zero-order valence-corrected chi connectivity index (χ0v) is 8.08. The monoisotopic (exact) mass is 180 g/mol. The van der Waals surface area contributed by atoms with Crippen LogP contribution in [0.1, 0.15) is 39.0 Å². The number of carbonyl (C=O) groups excluding carboxylic acids is 2. The van der Waals surface area contributed by atoms with E-state index in [0.29, 0.717) is 30.3 Å². The van der Waals surface area contributed by atoms with Gasteiger partial charge < -0.3 is 0 Å². The van der Waals surface area contributed by atoms with Gasteiger partial charge in [-0.2, -0.15) is 0 Å². The molecular formula is C11H16O2. The summed E-state index contributed by atoms with van der Waals surface area (Å²) in [4.78, 5) is 23.1. The molecule has 0 unspecified atom stereocenters. The first-order chi connectivity index (χ1) is 6.18. The molecule has 0 aromatic carbocycles. The van der Waals surface area contributed by atoms with Gasteiger partial charge in [0.2, 0.25) is 0 Å². The second kappa shape index (κ2) is 3.24. The lowest BCUT2D eigenvalue weighted by atomic mass is 9.67. The minimum atomic E-state index is 0.0880. The van der Waals surface area contributed by atoms with Crippen molar-refractivity contribution in [3.8, 4) is 0 Å². The van der Waals surface area contributed by atoms with Crippen LogP contribution in [0.25, 0.3) is 0 Å². The molecule has 2 fully saturated rings. The van der Waals surface area contributed by atoms with E-state index in [0.717, 1.165) is 19.3 Å². The van der Waals surface area contributed by atoms with Crippen LogP contribution in [0.2, 0.25) is 0 Å². The topological polar surface area (TPSA) is 34.1 Å². The summed E-state index contributed by atoms with van der Waals surface area (Å²) < 4.78 is 0. The molecule has 0 amide bonds. The Morgan fingerprint density at radius 2 is 1.62 bits per heavy atom. The highest BCUT2D eigenvalue weighted by Gasteiger charge is 2.40. The fraction of sp³-hybridized carbons (Fsp3) is 0.818. The van der Waals surface area contributed by atoms with Crippen LogP contribution in [0.15, 0.2) is 0 Å². The predicted octanol–water partition coefficient (Wildman–Crippen LogP) is 1.97. The van der Waals surface area contributed by atoms with Gasteiger partial charge in [-0.05, 0) is 25.2 Å². The Hall–Kier alpha value is -0.660. The number of hydrogen-bond acceptors (Lipinski definition) is 2. The Kier molecular flexibility index (Phi) is 2.22. The van der Waals surface area contributed by atoms with Gasteiger partial charge >= 0.3 is 0 Å². The molecule has 72 valence electrons. The first-order valence-corrected chi connectivity index (χ1v) is 5.24. The summed E-state index contributed by atoms with van der Waals surface area (Å²) >= 11 is 0.